The summed E-state index contributed by atoms with van der Waals surface area (Å²) in [5.41, 5.74) is 6.68. The van der Waals surface area contributed by atoms with Crippen LogP contribution in [0.2, 0.25) is 0 Å². The number of hydrogen-bond donors (Lipinski definition) is 3. The summed E-state index contributed by atoms with van der Waals surface area (Å²) in [7, 11) is 0. The van der Waals surface area contributed by atoms with Crippen molar-refractivity contribution in [3.63, 3.8) is 0 Å². The first-order valence-corrected chi connectivity index (χ1v) is 7.10. The summed E-state index contributed by atoms with van der Waals surface area (Å²) in [6, 6.07) is 9.06. The van der Waals surface area contributed by atoms with E-state index >= 15 is 0 Å². The quantitative estimate of drug-likeness (QED) is 0.770. The summed E-state index contributed by atoms with van der Waals surface area (Å²) >= 11 is 0. The molecule has 2 atom stereocenters. The second-order valence-electron chi connectivity index (χ2n) is 6.24. The van der Waals surface area contributed by atoms with Crippen molar-refractivity contribution in [2.75, 3.05) is 6.54 Å². The van der Waals surface area contributed by atoms with Crippen molar-refractivity contribution in [3.8, 4) is 0 Å². The molecule has 0 heterocycles. The van der Waals surface area contributed by atoms with Crippen LogP contribution in [0, 0.1) is 5.92 Å². The first-order chi connectivity index (χ1) is 9.70. The van der Waals surface area contributed by atoms with Crippen molar-refractivity contribution in [2.24, 2.45) is 11.7 Å². The molecule has 0 spiro atoms. The fraction of sp³-hybridized carbons (Fsp3) is 0.500. The van der Waals surface area contributed by atoms with Gasteiger partial charge in [-0.15, -0.1) is 12.4 Å². The van der Waals surface area contributed by atoms with Crippen LogP contribution in [0.15, 0.2) is 30.3 Å². The third kappa shape index (κ3) is 6.91. The molecule has 0 bridgehead atoms. The Morgan fingerprint density at radius 1 is 1.18 bits per heavy atom. The van der Waals surface area contributed by atoms with E-state index in [1.165, 1.54) is 0 Å². The highest BCUT2D eigenvalue weighted by atomic mass is 35.5. The van der Waals surface area contributed by atoms with Crippen molar-refractivity contribution in [3.05, 3.63) is 35.9 Å². The van der Waals surface area contributed by atoms with Crippen LogP contribution < -0.4 is 16.4 Å². The van der Waals surface area contributed by atoms with Crippen LogP contribution in [0.5, 0.6) is 0 Å². The average Bonchev–Trinajstić information content (AvgIpc) is 2.42. The van der Waals surface area contributed by atoms with E-state index in [2.05, 4.69) is 10.6 Å². The summed E-state index contributed by atoms with van der Waals surface area (Å²) in [4.78, 5) is 23.7. The van der Waals surface area contributed by atoms with Gasteiger partial charge < -0.3 is 16.4 Å². The van der Waals surface area contributed by atoms with Crippen LogP contribution in [0.25, 0.3) is 0 Å². The third-order valence-corrected chi connectivity index (χ3v) is 3.07. The zero-order valence-electron chi connectivity index (χ0n) is 13.6. The lowest BCUT2D eigenvalue weighted by molar-refractivity contribution is -0.129. The predicted molar refractivity (Wildman–Crippen MR) is 90.7 cm³/mol. The highest BCUT2D eigenvalue weighted by Crippen LogP contribution is 2.18. The maximum Gasteiger partial charge on any atom is 0.239 e. The number of carbonyl (C=O) groups is 2. The van der Waals surface area contributed by atoms with Crippen molar-refractivity contribution in [1.29, 1.82) is 0 Å². The van der Waals surface area contributed by atoms with E-state index in [0.717, 1.165) is 5.56 Å². The molecule has 0 saturated heterocycles. The zero-order valence-corrected chi connectivity index (χ0v) is 14.4. The molecular weight excluding hydrogens is 302 g/mol. The first-order valence-electron chi connectivity index (χ1n) is 7.10. The van der Waals surface area contributed by atoms with Crippen LogP contribution in [0.3, 0.4) is 0 Å². The van der Waals surface area contributed by atoms with Gasteiger partial charge in [0.1, 0.15) is 0 Å². The lowest BCUT2D eigenvalue weighted by Crippen LogP contribution is -2.47. The Bertz CT molecular complexity index is 486. The van der Waals surface area contributed by atoms with E-state index in [0.29, 0.717) is 0 Å². The van der Waals surface area contributed by atoms with E-state index in [-0.39, 0.29) is 36.3 Å². The molecule has 22 heavy (non-hydrogen) atoms. The van der Waals surface area contributed by atoms with Crippen LogP contribution >= 0.6 is 12.4 Å². The molecule has 1 rings (SSSR count). The smallest absolute Gasteiger partial charge is 0.239 e. The van der Waals surface area contributed by atoms with Crippen LogP contribution in [0.4, 0.5) is 0 Å². The topological polar surface area (TPSA) is 84.2 Å². The highest BCUT2D eigenvalue weighted by Gasteiger charge is 2.23. The van der Waals surface area contributed by atoms with Gasteiger partial charge in [-0.2, -0.15) is 0 Å². The lowest BCUT2D eigenvalue weighted by Gasteiger charge is -2.22. The van der Waals surface area contributed by atoms with Crippen molar-refractivity contribution in [1.82, 2.24) is 10.6 Å². The molecule has 2 amide bonds. The zero-order chi connectivity index (χ0) is 16.0. The standard InChI is InChI=1S/C16H25N3O2.ClH/c1-11(14(17)12-8-6-5-7-9-12)15(21)18-10-13(20)19-16(2,3)4;/h5-9,11,14H,10,17H2,1-4H3,(H,18,21)(H,19,20);1H. The number of halogens is 1. The van der Waals surface area contributed by atoms with Gasteiger partial charge in [0.2, 0.25) is 11.8 Å². The van der Waals surface area contributed by atoms with E-state index in [1.54, 1.807) is 6.92 Å². The van der Waals surface area contributed by atoms with E-state index in [9.17, 15) is 9.59 Å². The second-order valence-corrected chi connectivity index (χ2v) is 6.24. The number of amides is 2. The van der Waals surface area contributed by atoms with Gasteiger partial charge in [0.15, 0.2) is 0 Å². The van der Waals surface area contributed by atoms with Gasteiger partial charge in [0.25, 0.3) is 0 Å². The number of carbonyl (C=O) groups excluding carboxylic acids is 2. The minimum absolute atomic E-state index is 0. The molecule has 0 aromatic heterocycles. The highest BCUT2D eigenvalue weighted by molar-refractivity contribution is 5.86. The molecule has 6 heteroatoms. The van der Waals surface area contributed by atoms with Crippen LogP contribution in [0.1, 0.15) is 39.3 Å². The van der Waals surface area contributed by atoms with E-state index in [1.807, 2.05) is 51.1 Å². The van der Waals surface area contributed by atoms with Crippen LogP contribution in [-0.4, -0.2) is 23.9 Å². The summed E-state index contributed by atoms with van der Waals surface area (Å²) in [6.45, 7) is 7.39. The molecule has 4 N–H and O–H groups in total. The van der Waals surface area contributed by atoms with Crippen molar-refractivity contribution >= 4 is 24.2 Å². The summed E-state index contributed by atoms with van der Waals surface area (Å²) in [5, 5.41) is 5.41. The molecule has 0 fully saturated rings. The molecular formula is C16H26ClN3O2. The largest absolute Gasteiger partial charge is 0.350 e. The fourth-order valence-corrected chi connectivity index (χ4v) is 1.92. The van der Waals surface area contributed by atoms with Crippen LogP contribution in [-0.2, 0) is 9.59 Å². The van der Waals surface area contributed by atoms with Gasteiger partial charge in [0, 0.05) is 11.6 Å². The number of nitrogens with one attached hydrogen (secondary N) is 2. The fourth-order valence-electron chi connectivity index (χ4n) is 1.92. The molecule has 5 nitrogen and oxygen atoms in total. The summed E-state index contributed by atoms with van der Waals surface area (Å²) < 4.78 is 0. The monoisotopic (exact) mass is 327 g/mol. The van der Waals surface area contributed by atoms with Gasteiger partial charge in [0.05, 0.1) is 12.5 Å². The van der Waals surface area contributed by atoms with E-state index in [4.69, 9.17) is 5.73 Å². The predicted octanol–water partition coefficient (Wildman–Crippen LogP) is 1.78. The molecule has 124 valence electrons. The molecule has 2 unspecified atom stereocenters. The number of nitrogens with two attached hydrogens (primary N) is 1. The third-order valence-electron chi connectivity index (χ3n) is 3.07. The molecule has 0 aliphatic carbocycles. The molecule has 0 aliphatic heterocycles. The van der Waals surface area contributed by atoms with Crippen molar-refractivity contribution in [2.45, 2.75) is 39.3 Å². The van der Waals surface area contributed by atoms with Gasteiger partial charge in [-0.1, -0.05) is 37.3 Å². The SMILES string of the molecule is CC(C(=O)NCC(=O)NC(C)(C)C)C(N)c1ccccc1.Cl. The Hall–Kier alpha value is -1.59. The molecule has 1 aromatic carbocycles. The minimum atomic E-state index is -0.408. The Labute approximate surface area is 138 Å². The summed E-state index contributed by atoms with van der Waals surface area (Å²) in [6.07, 6.45) is 0. The Kier molecular flexibility index (Phi) is 8.12. The average molecular weight is 328 g/mol. The summed E-state index contributed by atoms with van der Waals surface area (Å²) in [5.74, 6) is -0.846. The minimum Gasteiger partial charge on any atom is -0.350 e. The number of benzene rings is 1. The normalized spacial score (nSPS) is 13.5. The van der Waals surface area contributed by atoms with E-state index < -0.39 is 12.0 Å². The lowest BCUT2D eigenvalue weighted by atomic mass is 9.95. The maximum absolute atomic E-state index is 12.1. The van der Waals surface area contributed by atoms with Gasteiger partial charge in [-0.05, 0) is 26.3 Å². The Morgan fingerprint density at radius 3 is 2.23 bits per heavy atom. The number of hydrogen-bond acceptors (Lipinski definition) is 3. The number of rotatable bonds is 5. The van der Waals surface area contributed by atoms with Crippen molar-refractivity contribution < 1.29 is 9.59 Å². The van der Waals surface area contributed by atoms with Gasteiger partial charge in [-0.3, -0.25) is 9.59 Å². The van der Waals surface area contributed by atoms with Gasteiger partial charge >= 0.3 is 0 Å². The molecule has 0 aliphatic rings. The molecule has 0 radical (unpaired) electrons. The molecule has 1 aromatic rings. The van der Waals surface area contributed by atoms with Gasteiger partial charge in [-0.25, -0.2) is 0 Å². The second kappa shape index (κ2) is 8.76. The maximum atomic E-state index is 12.1. The Balaban J connectivity index is 0.00000441. The first kappa shape index (κ1) is 20.4. The Morgan fingerprint density at radius 2 is 1.73 bits per heavy atom. The molecule has 0 saturated carbocycles.